The summed E-state index contributed by atoms with van der Waals surface area (Å²) in [6.07, 6.45) is 7.14. The van der Waals surface area contributed by atoms with E-state index >= 15 is 0 Å². The van der Waals surface area contributed by atoms with Crippen molar-refractivity contribution >= 4 is 17.0 Å². The normalized spacial score (nSPS) is 16.3. The van der Waals surface area contributed by atoms with Gasteiger partial charge in [-0.05, 0) is 17.2 Å². The highest BCUT2D eigenvalue weighted by Crippen LogP contribution is 2.37. The fourth-order valence-electron chi connectivity index (χ4n) is 1.36. The quantitative estimate of drug-likeness (QED) is 0.549. The number of hydrogen-bond donors (Lipinski definition) is 1. The number of thiol groups is 1. The maximum absolute atomic E-state index is 11.4. The zero-order valence-corrected chi connectivity index (χ0v) is 9.54. The van der Waals surface area contributed by atoms with Gasteiger partial charge in [0.15, 0.2) is 0 Å². The first-order valence-electron chi connectivity index (χ1n) is 4.96. The first kappa shape index (κ1) is 11.4. The van der Waals surface area contributed by atoms with Gasteiger partial charge in [-0.3, -0.25) is 4.79 Å². The number of carbonyl (C=O) groups excluding carboxylic acids is 1. The summed E-state index contributed by atoms with van der Waals surface area (Å²) in [7, 11) is 0. The van der Waals surface area contributed by atoms with Gasteiger partial charge in [-0.15, -0.1) is 11.1 Å². The van der Waals surface area contributed by atoms with Gasteiger partial charge in [0.25, 0.3) is 0 Å². The van der Waals surface area contributed by atoms with Crippen LogP contribution in [0.3, 0.4) is 0 Å². The summed E-state index contributed by atoms with van der Waals surface area (Å²) < 4.78 is 1.96. The van der Waals surface area contributed by atoms with Gasteiger partial charge in [0.1, 0.15) is 0 Å². The smallest absolute Gasteiger partial charge is 0.228 e. The predicted octanol–water partition coefficient (Wildman–Crippen LogP) is 2.80. The van der Waals surface area contributed by atoms with Gasteiger partial charge in [0.2, 0.25) is 5.91 Å². The highest BCUT2D eigenvalue weighted by molar-refractivity contribution is 8.20. The molecule has 0 aromatic heterocycles. The Kier molecular flexibility index (Phi) is 4.80. The molecular weight excluding hydrogens is 194 g/mol. The van der Waals surface area contributed by atoms with Crippen LogP contribution < -0.4 is 0 Å². The lowest BCUT2D eigenvalue weighted by Gasteiger charge is -2.28. The Balaban J connectivity index is 2.43. The van der Waals surface area contributed by atoms with Gasteiger partial charge in [-0.1, -0.05) is 31.9 Å². The number of amides is 1. The molecule has 1 amide bonds. The van der Waals surface area contributed by atoms with Crippen molar-refractivity contribution in [1.82, 2.24) is 4.31 Å². The van der Waals surface area contributed by atoms with Crippen LogP contribution in [0.2, 0.25) is 0 Å². The Bertz CT molecular complexity index is 236. The molecular formula is C11H18NOS. The maximum Gasteiger partial charge on any atom is 0.228 e. The Morgan fingerprint density at radius 3 is 2.50 bits per heavy atom. The van der Waals surface area contributed by atoms with Crippen LogP contribution in [0.4, 0.5) is 0 Å². The number of carbonyl (C=O) groups is 1. The van der Waals surface area contributed by atoms with Crippen LogP contribution in [-0.2, 0) is 4.79 Å². The lowest BCUT2D eigenvalue weighted by Crippen LogP contribution is -2.24. The van der Waals surface area contributed by atoms with E-state index in [-0.39, 0.29) is 5.91 Å². The van der Waals surface area contributed by atoms with Crippen molar-refractivity contribution < 1.29 is 4.79 Å². The van der Waals surface area contributed by atoms with Gasteiger partial charge in [-0.2, -0.15) is 0 Å². The third-order valence-electron chi connectivity index (χ3n) is 2.10. The molecule has 0 saturated carbocycles. The lowest BCUT2D eigenvalue weighted by atomic mass is 10.2. The van der Waals surface area contributed by atoms with Crippen molar-refractivity contribution in [2.24, 2.45) is 0 Å². The van der Waals surface area contributed by atoms with Crippen molar-refractivity contribution in [1.29, 1.82) is 0 Å². The van der Waals surface area contributed by atoms with Crippen LogP contribution in [0.5, 0.6) is 0 Å². The predicted molar refractivity (Wildman–Crippen MR) is 63.9 cm³/mol. The molecule has 0 unspecified atom stereocenters. The summed E-state index contributed by atoms with van der Waals surface area (Å²) >= 11 is -0.462. The van der Waals surface area contributed by atoms with Gasteiger partial charge < -0.3 is 4.31 Å². The van der Waals surface area contributed by atoms with Crippen molar-refractivity contribution in [3.05, 3.63) is 29.9 Å². The molecule has 0 fully saturated rings. The fourth-order valence-corrected chi connectivity index (χ4v) is 3.03. The number of unbranched alkanes of at least 4 members (excludes halogenated alkanes) is 2. The summed E-state index contributed by atoms with van der Waals surface area (Å²) in [4.78, 5) is 11.4. The third kappa shape index (κ3) is 3.22. The Hall–Kier alpha value is -0.700. The monoisotopic (exact) mass is 212 g/mol. The Labute approximate surface area is 89.2 Å². The summed E-state index contributed by atoms with van der Waals surface area (Å²) in [5.74, 6) is 0.177. The van der Waals surface area contributed by atoms with Crippen LogP contribution in [0.1, 0.15) is 26.2 Å². The average Bonchev–Trinajstić information content (AvgIpc) is 2.64. The maximum atomic E-state index is 11.4. The van der Waals surface area contributed by atoms with Crippen LogP contribution in [0, 0.1) is 6.92 Å². The number of allylic oxidation sites excluding steroid dienone is 2. The molecule has 1 aliphatic heterocycles. The average molecular weight is 212 g/mol. The van der Waals surface area contributed by atoms with E-state index in [4.69, 9.17) is 0 Å². The molecule has 3 heteroatoms. The van der Waals surface area contributed by atoms with E-state index in [2.05, 4.69) is 17.7 Å². The summed E-state index contributed by atoms with van der Waals surface area (Å²) in [6, 6.07) is 0. The third-order valence-corrected chi connectivity index (χ3v) is 4.10. The van der Waals surface area contributed by atoms with Gasteiger partial charge in [0.05, 0.1) is 0 Å². The first-order chi connectivity index (χ1) is 6.75. The van der Waals surface area contributed by atoms with E-state index in [1.165, 1.54) is 0 Å². The molecule has 14 heavy (non-hydrogen) atoms. The number of rotatable bonds is 5. The van der Waals surface area contributed by atoms with E-state index < -0.39 is 11.1 Å². The van der Waals surface area contributed by atoms with Gasteiger partial charge in [0, 0.05) is 13.5 Å². The second-order valence-corrected chi connectivity index (χ2v) is 5.11. The van der Waals surface area contributed by atoms with Gasteiger partial charge >= 0.3 is 0 Å². The van der Waals surface area contributed by atoms with Crippen molar-refractivity contribution in [3.63, 3.8) is 0 Å². The van der Waals surface area contributed by atoms with Crippen molar-refractivity contribution in [3.8, 4) is 0 Å². The SMILES string of the molecule is [CH2]CCCCN(C(C)=O)[SH]1C=CC=C1. The standard InChI is InChI=1S/C11H18NOS/c1-3-4-5-8-12(11(2)13)14-9-6-7-10-14/h6-7,9-10,14H,1,3-5,8H2,2H3. The molecule has 0 aromatic rings. The van der Waals surface area contributed by atoms with Crippen molar-refractivity contribution in [2.45, 2.75) is 26.2 Å². The molecule has 1 rings (SSSR count). The summed E-state index contributed by atoms with van der Waals surface area (Å²) in [5.41, 5.74) is 0. The Morgan fingerprint density at radius 1 is 1.36 bits per heavy atom. The molecule has 2 nitrogen and oxygen atoms in total. The first-order valence-corrected chi connectivity index (χ1v) is 6.39. The summed E-state index contributed by atoms with van der Waals surface area (Å²) in [5, 5.41) is 4.22. The second-order valence-electron chi connectivity index (χ2n) is 3.27. The molecule has 1 aliphatic rings. The molecule has 1 heterocycles. The second kappa shape index (κ2) is 5.91. The van der Waals surface area contributed by atoms with E-state index in [9.17, 15) is 4.79 Å². The summed E-state index contributed by atoms with van der Waals surface area (Å²) in [6.45, 7) is 6.31. The van der Waals surface area contributed by atoms with E-state index in [0.717, 1.165) is 25.8 Å². The van der Waals surface area contributed by atoms with E-state index in [1.54, 1.807) is 6.92 Å². The van der Waals surface area contributed by atoms with Gasteiger partial charge in [-0.25, -0.2) is 0 Å². The van der Waals surface area contributed by atoms with E-state index in [1.807, 2.05) is 16.5 Å². The zero-order chi connectivity index (χ0) is 10.4. The highest BCUT2D eigenvalue weighted by atomic mass is 32.2. The minimum Gasteiger partial charge on any atom is -0.301 e. The molecule has 0 atom stereocenters. The molecule has 0 N–H and O–H groups in total. The lowest BCUT2D eigenvalue weighted by molar-refractivity contribution is -0.123. The minimum absolute atomic E-state index is 0.177. The fraction of sp³-hybridized carbons (Fsp3) is 0.455. The molecule has 0 saturated heterocycles. The minimum atomic E-state index is -0.462. The molecule has 0 aliphatic carbocycles. The molecule has 79 valence electrons. The topological polar surface area (TPSA) is 20.3 Å². The molecule has 0 aromatic carbocycles. The zero-order valence-electron chi connectivity index (χ0n) is 8.65. The van der Waals surface area contributed by atoms with Crippen LogP contribution in [-0.4, -0.2) is 16.8 Å². The van der Waals surface area contributed by atoms with Crippen molar-refractivity contribution in [2.75, 3.05) is 6.54 Å². The molecule has 1 radical (unpaired) electrons. The molecule has 0 bridgehead atoms. The molecule has 0 spiro atoms. The van der Waals surface area contributed by atoms with Crippen LogP contribution in [0.15, 0.2) is 23.0 Å². The number of hydrogen-bond acceptors (Lipinski definition) is 1. The number of nitrogens with zero attached hydrogens (tertiary/aromatic N) is 1. The van der Waals surface area contributed by atoms with Crippen LogP contribution in [0.25, 0.3) is 0 Å². The Morgan fingerprint density at radius 2 is 2.00 bits per heavy atom. The van der Waals surface area contributed by atoms with Crippen LogP contribution >= 0.6 is 11.1 Å². The highest BCUT2D eigenvalue weighted by Gasteiger charge is 2.13. The largest absolute Gasteiger partial charge is 0.301 e. The van der Waals surface area contributed by atoms with E-state index in [0.29, 0.717) is 0 Å².